The van der Waals surface area contributed by atoms with Crippen molar-refractivity contribution < 1.29 is 9.59 Å². The van der Waals surface area contributed by atoms with E-state index in [0.29, 0.717) is 15.9 Å². The Morgan fingerprint density at radius 1 is 1.29 bits per heavy atom. The van der Waals surface area contributed by atoms with Crippen molar-refractivity contribution in [3.63, 3.8) is 0 Å². The predicted octanol–water partition coefficient (Wildman–Crippen LogP) is 1.97. The van der Waals surface area contributed by atoms with E-state index >= 15 is 0 Å². The number of aryl methyl sites for hydroxylation is 1. The number of thioether (sulfide) groups is 1. The highest BCUT2D eigenvalue weighted by atomic mass is 35.5. The first-order chi connectivity index (χ1) is 11.4. The molecule has 0 unspecified atom stereocenters. The summed E-state index contributed by atoms with van der Waals surface area (Å²) in [4.78, 5) is 25.5. The van der Waals surface area contributed by atoms with Crippen LogP contribution in [0.25, 0.3) is 0 Å². The van der Waals surface area contributed by atoms with Crippen molar-refractivity contribution in [3.8, 4) is 0 Å². The molecule has 9 heteroatoms. The summed E-state index contributed by atoms with van der Waals surface area (Å²) in [6, 6.07) is 6.78. The van der Waals surface area contributed by atoms with Gasteiger partial charge in [-0.3, -0.25) is 9.59 Å². The largest absolute Gasteiger partial charge is 0.336 e. The van der Waals surface area contributed by atoms with Gasteiger partial charge in [-0.2, -0.15) is 0 Å². The molecule has 0 spiro atoms. The number of halogens is 1. The summed E-state index contributed by atoms with van der Waals surface area (Å²) in [5.41, 5.74) is 0.634. The Morgan fingerprint density at radius 2 is 1.96 bits per heavy atom. The number of nitrogens with one attached hydrogen (secondary N) is 1. The van der Waals surface area contributed by atoms with Crippen LogP contribution in [-0.4, -0.2) is 50.8 Å². The second kappa shape index (κ2) is 8.16. The molecule has 2 aromatic rings. The number of anilines is 1. The molecule has 2 amide bonds. The second-order valence-electron chi connectivity index (χ2n) is 5.18. The minimum absolute atomic E-state index is 0.0279. The number of amides is 2. The van der Waals surface area contributed by atoms with E-state index in [-0.39, 0.29) is 24.1 Å². The number of benzene rings is 1. The fourth-order valence-corrected chi connectivity index (χ4v) is 2.81. The number of rotatable bonds is 6. The number of aromatic nitrogens is 3. The molecule has 24 heavy (non-hydrogen) atoms. The average molecular weight is 368 g/mol. The lowest BCUT2D eigenvalue weighted by atomic mass is 10.3. The second-order valence-corrected chi connectivity index (χ2v) is 6.56. The zero-order chi connectivity index (χ0) is 17.7. The van der Waals surface area contributed by atoms with Gasteiger partial charge in [-0.25, -0.2) is 0 Å². The van der Waals surface area contributed by atoms with E-state index in [1.807, 2.05) is 18.5 Å². The third-order valence-corrected chi connectivity index (χ3v) is 4.57. The Hall–Kier alpha value is -2.06. The van der Waals surface area contributed by atoms with Crippen LogP contribution in [0.1, 0.15) is 5.82 Å². The SMILES string of the molecule is Cc1nnc(SCC(=O)N(C)CC(=O)Nc2ccc(Cl)cc2)n1C. The Morgan fingerprint density at radius 3 is 2.54 bits per heavy atom. The molecule has 1 aromatic heterocycles. The number of nitrogens with zero attached hydrogens (tertiary/aromatic N) is 4. The van der Waals surface area contributed by atoms with E-state index < -0.39 is 0 Å². The summed E-state index contributed by atoms with van der Waals surface area (Å²) in [6.45, 7) is 1.81. The maximum Gasteiger partial charge on any atom is 0.243 e. The first-order valence-corrected chi connectivity index (χ1v) is 8.51. The lowest BCUT2D eigenvalue weighted by molar-refractivity contribution is -0.131. The molecule has 0 fully saturated rings. The maximum atomic E-state index is 12.1. The molecular weight excluding hydrogens is 350 g/mol. The lowest BCUT2D eigenvalue weighted by Gasteiger charge is -2.16. The molecule has 128 valence electrons. The molecule has 1 aromatic carbocycles. The molecule has 7 nitrogen and oxygen atoms in total. The monoisotopic (exact) mass is 367 g/mol. The highest BCUT2D eigenvalue weighted by Gasteiger charge is 2.15. The van der Waals surface area contributed by atoms with Crippen LogP contribution < -0.4 is 5.32 Å². The van der Waals surface area contributed by atoms with Gasteiger partial charge < -0.3 is 14.8 Å². The van der Waals surface area contributed by atoms with Gasteiger partial charge in [-0.05, 0) is 31.2 Å². The van der Waals surface area contributed by atoms with Crippen LogP contribution in [0, 0.1) is 6.92 Å². The molecule has 0 aliphatic heterocycles. The van der Waals surface area contributed by atoms with Crippen LogP contribution in [0.2, 0.25) is 5.02 Å². The summed E-state index contributed by atoms with van der Waals surface area (Å²) in [5.74, 6) is 0.539. The minimum atomic E-state index is -0.271. The van der Waals surface area contributed by atoms with Gasteiger partial charge in [0.15, 0.2) is 5.16 Å². The Balaban J connectivity index is 1.81. The number of carbonyl (C=O) groups is 2. The normalized spacial score (nSPS) is 10.5. The van der Waals surface area contributed by atoms with Crippen molar-refractivity contribution in [3.05, 3.63) is 35.1 Å². The Bertz CT molecular complexity index is 732. The van der Waals surface area contributed by atoms with Crippen LogP contribution in [-0.2, 0) is 16.6 Å². The van der Waals surface area contributed by atoms with Crippen molar-refractivity contribution in [2.75, 3.05) is 24.7 Å². The highest BCUT2D eigenvalue weighted by Crippen LogP contribution is 2.16. The third-order valence-electron chi connectivity index (χ3n) is 3.31. The number of carbonyl (C=O) groups excluding carboxylic acids is 2. The minimum Gasteiger partial charge on any atom is -0.336 e. The van der Waals surface area contributed by atoms with Gasteiger partial charge >= 0.3 is 0 Å². The summed E-state index contributed by atoms with van der Waals surface area (Å²) in [6.07, 6.45) is 0. The smallest absolute Gasteiger partial charge is 0.243 e. The van der Waals surface area contributed by atoms with Gasteiger partial charge in [0.1, 0.15) is 5.82 Å². The fourth-order valence-electron chi connectivity index (χ4n) is 1.79. The number of likely N-dealkylation sites (N-methyl/N-ethyl adjacent to an activating group) is 1. The average Bonchev–Trinajstić information content (AvgIpc) is 2.86. The maximum absolute atomic E-state index is 12.1. The Kier molecular flexibility index (Phi) is 6.22. The van der Waals surface area contributed by atoms with E-state index in [0.717, 1.165) is 5.82 Å². The Labute approximate surface area is 149 Å². The molecule has 0 bridgehead atoms. The van der Waals surface area contributed by atoms with Crippen LogP contribution in [0.15, 0.2) is 29.4 Å². The molecule has 0 saturated carbocycles. The van der Waals surface area contributed by atoms with Gasteiger partial charge in [0.05, 0.1) is 12.3 Å². The van der Waals surface area contributed by atoms with Crippen molar-refractivity contribution in [2.24, 2.45) is 7.05 Å². The number of hydrogen-bond acceptors (Lipinski definition) is 5. The van der Waals surface area contributed by atoms with Gasteiger partial charge in [0.25, 0.3) is 0 Å². The topological polar surface area (TPSA) is 80.1 Å². The quantitative estimate of drug-likeness (QED) is 0.789. The summed E-state index contributed by atoms with van der Waals surface area (Å²) in [5, 5.41) is 11.9. The van der Waals surface area contributed by atoms with Gasteiger partial charge in [0, 0.05) is 24.8 Å². The van der Waals surface area contributed by atoms with Crippen molar-refractivity contribution in [1.29, 1.82) is 0 Å². The molecule has 0 aliphatic rings. The van der Waals surface area contributed by atoms with Gasteiger partial charge in [-0.15, -0.1) is 10.2 Å². The first kappa shape index (κ1) is 18.3. The predicted molar refractivity (Wildman–Crippen MR) is 94.2 cm³/mol. The van der Waals surface area contributed by atoms with E-state index in [9.17, 15) is 9.59 Å². The van der Waals surface area contributed by atoms with Crippen molar-refractivity contribution in [1.82, 2.24) is 19.7 Å². The van der Waals surface area contributed by atoms with E-state index in [4.69, 9.17) is 11.6 Å². The van der Waals surface area contributed by atoms with Crippen molar-refractivity contribution >= 4 is 40.9 Å². The van der Waals surface area contributed by atoms with Crippen LogP contribution in [0.3, 0.4) is 0 Å². The first-order valence-electron chi connectivity index (χ1n) is 7.15. The molecule has 1 heterocycles. The summed E-state index contributed by atoms with van der Waals surface area (Å²) in [7, 11) is 3.43. The summed E-state index contributed by atoms with van der Waals surface area (Å²) < 4.78 is 1.81. The van der Waals surface area contributed by atoms with Crippen LogP contribution in [0.5, 0.6) is 0 Å². The molecule has 0 atom stereocenters. The molecule has 0 radical (unpaired) electrons. The van der Waals surface area contributed by atoms with Crippen molar-refractivity contribution in [2.45, 2.75) is 12.1 Å². The molecule has 1 N–H and O–H groups in total. The number of hydrogen-bond donors (Lipinski definition) is 1. The van der Waals surface area contributed by atoms with Gasteiger partial charge in [-0.1, -0.05) is 23.4 Å². The van der Waals surface area contributed by atoms with E-state index in [2.05, 4.69) is 15.5 Å². The molecule has 0 aliphatic carbocycles. The molecule has 2 rings (SSSR count). The van der Waals surface area contributed by atoms with Crippen LogP contribution in [0.4, 0.5) is 5.69 Å². The van der Waals surface area contributed by atoms with E-state index in [1.54, 1.807) is 31.3 Å². The van der Waals surface area contributed by atoms with E-state index in [1.165, 1.54) is 16.7 Å². The zero-order valence-electron chi connectivity index (χ0n) is 13.6. The fraction of sp³-hybridized carbons (Fsp3) is 0.333. The molecule has 0 saturated heterocycles. The zero-order valence-corrected chi connectivity index (χ0v) is 15.2. The molecular formula is C15H18ClN5O2S. The highest BCUT2D eigenvalue weighted by molar-refractivity contribution is 7.99. The van der Waals surface area contributed by atoms with Gasteiger partial charge in [0.2, 0.25) is 11.8 Å². The lowest BCUT2D eigenvalue weighted by Crippen LogP contribution is -2.36. The standard InChI is InChI=1S/C15H18ClN5O2S/c1-10-18-19-15(21(10)3)24-9-14(23)20(2)8-13(22)17-12-6-4-11(16)5-7-12/h4-7H,8-9H2,1-3H3,(H,17,22). The summed E-state index contributed by atoms with van der Waals surface area (Å²) >= 11 is 7.08. The van der Waals surface area contributed by atoms with Crippen LogP contribution >= 0.6 is 23.4 Å². The third kappa shape index (κ3) is 4.97.